The number of benzene rings is 1. The fourth-order valence-corrected chi connectivity index (χ4v) is 4.27. The molecule has 1 amide bonds. The van der Waals surface area contributed by atoms with Crippen LogP contribution in [0.3, 0.4) is 0 Å². The summed E-state index contributed by atoms with van der Waals surface area (Å²) in [6.07, 6.45) is 0.828. The van der Waals surface area contributed by atoms with Gasteiger partial charge in [-0.3, -0.25) is 8.98 Å². The molecule has 3 rings (SSSR count). The van der Waals surface area contributed by atoms with E-state index < -0.39 is 21.9 Å². The van der Waals surface area contributed by atoms with Crippen molar-refractivity contribution in [3.8, 4) is 0 Å². The number of aliphatic hydroxyl groups is 1. The van der Waals surface area contributed by atoms with E-state index in [2.05, 4.69) is 10.2 Å². The van der Waals surface area contributed by atoms with Gasteiger partial charge >= 0.3 is 0 Å². The van der Waals surface area contributed by atoms with Crippen LogP contribution in [0.2, 0.25) is 0 Å². The molecule has 1 heterocycles. The molecule has 0 saturated carbocycles. The molecule has 2 aliphatic rings. The van der Waals surface area contributed by atoms with E-state index in [4.69, 9.17) is 4.74 Å². The van der Waals surface area contributed by atoms with Gasteiger partial charge in [-0.1, -0.05) is 24.3 Å². The number of hydrogen-bond donors (Lipinski definition) is 1. The lowest BCUT2D eigenvalue weighted by Crippen LogP contribution is -2.45. The van der Waals surface area contributed by atoms with Gasteiger partial charge in [-0.15, -0.1) is 0 Å². The van der Waals surface area contributed by atoms with Crippen LogP contribution in [0, 0.1) is 0 Å². The first kappa shape index (κ1) is 19.3. The minimum absolute atomic E-state index is 0.0650. The Bertz CT molecular complexity index is 791. The minimum Gasteiger partial charge on any atom is -0.391 e. The summed E-state index contributed by atoms with van der Waals surface area (Å²) in [5.41, 5.74) is 1.57. The number of fused-ring (bicyclic) bond motifs is 3. The van der Waals surface area contributed by atoms with Gasteiger partial charge in [-0.25, -0.2) is 0 Å². The van der Waals surface area contributed by atoms with Crippen LogP contribution in [0.1, 0.15) is 43.9 Å². The summed E-state index contributed by atoms with van der Waals surface area (Å²) in [5, 5.41) is 9.89. The summed E-state index contributed by atoms with van der Waals surface area (Å²) < 4.78 is 32.7. The number of rotatable bonds is 6. The highest BCUT2D eigenvalue weighted by Crippen LogP contribution is 2.48. The number of nitrogens with zero attached hydrogens (tertiary/aromatic N) is 1. The van der Waals surface area contributed by atoms with Gasteiger partial charge in [0.1, 0.15) is 5.72 Å². The molecule has 7 nitrogen and oxygen atoms in total. The van der Waals surface area contributed by atoms with Gasteiger partial charge in [0.2, 0.25) is 5.91 Å². The summed E-state index contributed by atoms with van der Waals surface area (Å²) in [7, 11) is -3.61. The number of amides is 1. The van der Waals surface area contributed by atoms with E-state index in [9.17, 15) is 18.3 Å². The molecule has 1 fully saturated rings. The van der Waals surface area contributed by atoms with Crippen LogP contribution < -0.4 is 0 Å². The number of aliphatic hydroxyl groups excluding tert-OH is 1. The number of hydrogen-bond acceptors (Lipinski definition) is 6. The average molecular weight is 383 g/mol. The van der Waals surface area contributed by atoms with Crippen LogP contribution in [0.15, 0.2) is 24.3 Å². The van der Waals surface area contributed by atoms with Crippen molar-refractivity contribution in [2.75, 3.05) is 12.9 Å². The highest BCUT2D eigenvalue weighted by Gasteiger charge is 2.53. The van der Waals surface area contributed by atoms with E-state index in [0.29, 0.717) is 0 Å². The van der Waals surface area contributed by atoms with Crippen LogP contribution in [-0.2, 0) is 30.3 Å². The number of carbonyl (C=O) groups is 1. The molecule has 1 aliphatic carbocycles. The summed E-state index contributed by atoms with van der Waals surface area (Å²) in [4.78, 5) is 14.7. The molecule has 1 aliphatic heterocycles. The Morgan fingerprint density at radius 1 is 1.42 bits per heavy atom. The van der Waals surface area contributed by atoms with Gasteiger partial charge in [0.25, 0.3) is 10.1 Å². The number of carbonyl (C=O) groups excluding carboxylic acids is 1. The third-order valence-corrected chi connectivity index (χ3v) is 5.44. The van der Waals surface area contributed by atoms with Crippen molar-refractivity contribution < 1.29 is 27.2 Å². The average Bonchev–Trinajstić information content (AvgIpc) is 3.00. The summed E-state index contributed by atoms with van der Waals surface area (Å²) in [5.74, 6) is -0.127. The molecule has 0 radical (unpaired) electrons. The van der Waals surface area contributed by atoms with Gasteiger partial charge in [0.05, 0.1) is 31.1 Å². The smallest absolute Gasteiger partial charge is 0.264 e. The molecule has 1 unspecified atom stereocenters. The highest BCUT2D eigenvalue weighted by atomic mass is 32.2. The monoisotopic (exact) mass is 383 g/mol. The quantitative estimate of drug-likeness (QED) is 0.746. The third kappa shape index (κ3) is 3.93. The van der Waals surface area contributed by atoms with Crippen LogP contribution in [0.5, 0.6) is 0 Å². The summed E-state index contributed by atoms with van der Waals surface area (Å²) in [6.45, 7) is 3.39. The van der Waals surface area contributed by atoms with Crippen molar-refractivity contribution in [3.63, 3.8) is 0 Å². The zero-order chi connectivity index (χ0) is 19.1. The third-order valence-electron chi connectivity index (χ3n) is 4.88. The fourth-order valence-electron chi connectivity index (χ4n) is 3.86. The van der Waals surface area contributed by atoms with Crippen molar-refractivity contribution in [2.45, 2.75) is 57.1 Å². The molecule has 8 heteroatoms. The maximum atomic E-state index is 12.9. The van der Waals surface area contributed by atoms with Crippen molar-refractivity contribution >= 4 is 16.0 Å². The normalized spacial score (nSPS) is 25.0. The second-order valence-electron chi connectivity index (χ2n) is 7.40. The van der Waals surface area contributed by atoms with E-state index in [1.54, 1.807) is 4.90 Å². The molecule has 144 valence electrons. The Morgan fingerprint density at radius 3 is 2.81 bits per heavy atom. The molecule has 1 aromatic rings. The Labute approximate surface area is 154 Å². The minimum atomic E-state index is -3.61. The van der Waals surface area contributed by atoms with Crippen LogP contribution in [0.4, 0.5) is 0 Å². The highest BCUT2D eigenvalue weighted by molar-refractivity contribution is 7.85. The molecule has 26 heavy (non-hydrogen) atoms. The maximum absolute atomic E-state index is 12.9. The Hall–Kier alpha value is -1.48. The molecule has 0 spiro atoms. The first-order valence-corrected chi connectivity index (χ1v) is 10.5. The predicted octanol–water partition coefficient (Wildman–Crippen LogP) is 1.36. The molecular weight excluding hydrogens is 358 g/mol. The standard InChI is InChI=1S/C18H25NO6S/c1-18(2)19(16(21)9-8-13(20)11-24-26(3,22)23)17-14-7-5-4-6-12(14)10-15(17)25-18/h4-7,13,15,17,20H,8-11H2,1-3H3/t13-,15+,17?/m0/s1. The summed E-state index contributed by atoms with van der Waals surface area (Å²) >= 11 is 0. The fraction of sp³-hybridized carbons (Fsp3) is 0.611. The van der Waals surface area contributed by atoms with Crippen molar-refractivity contribution in [3.05, 3.63) is 35.4 Å². The SMILES string of the molecule is CC1(C)O[C@@H]2Cc3ccccc3C2N1C(=O)CC[C@H](O)COS(C)(=O)=O. The van der Waals surface area contributed by atoms with E-state index in [1.165, 1.54) is 5.56 Å². The zero-order valence-electron chi connectivity index (χ0n) is 15.2. The van der Waals surface area contributed by atoms with Gasteiger partial charge in [0.15, 0.2) is 0 Å². The van der Waals surface area contributed by atoms with E-state index in [1.807, 2.05) is 32.0 Å². The Balaban J connectivity index is 1.68. The van der Waals surface area contributed by atoms with Crippen molar-refractivity contribution in [2.24, 2.45) is 0 Å². The van der Waals surface area contributed by atoms with E-state index in [-0.39, 0.29) is 37.5 Å². The first-order chi connectivity index (χ1) is 12.1. The Morgan fingerprint density at radius 2 is 2.12 bits per heavy atom. The molecular formula is C18H25NO6S. The molecule has 1 aromatic carbocycles. The van der Waals surface area contributed by atoms with Gasteiger partial charge in [-0.2, -0.15) is 8.42 Å². The predicted molar refractivity (Wildman–Crippen MR) is 94.7 cm³/mol. The first-order valence-electron chi connectivity index (χ1n) is 8.69. The van der Waals surface area contributed by atoms with Gasteiger partial charge < -0.3 is 14.7 Å². The molecule has 1 N–H and O–H groups in total. The van der Waals surface area contributed by atoms with Crippen LogP contribution in [-0.4, -0.2) is 55.1 Å². The second-order valence-corrected chi connectivity index (χ2v) is 9.04. The van der Waals surface area contributed by atoms with Gasteiger partial charge in [-0.05, 0) is 31.4 Å². The van der Waals surface area contributed by atoms with E-state index in [0.717, 1.165) is 18.2 Å². The topological polar surface area (TPSA) is 93.1 Å². The lowest BCUT2D eigenvalue weighted by molar-refractivity contribution is -0.148. The number of ether oxygens (including phenoxy) is 1. The molecule has 1 saturated heterocycles. The Kier molecular flexibility index (Phi) is 5.13. The van der Waals surface area contributed by atoms with Crippen LogP contribution >= 0.6 is 0 Å². The molecule has 3 atom stereocenters. The molecule has 0 bridgehead atoms. The van der Waals surface area contributed by atoms with Crippen LogP contribution in [0.25, 0.3) is 0 Å². The van der Waals surface area contributed by atoms with Crippen molar-refractivity contribution in [1.29, 1.82) is 0 Å². The second kappa shape index (κ2) is 6.92. The molecule has 0 aromatic heterocycles. The lowest BCUT2D eigenvalue weighted by atomic mass is 10.0. The lowest BCUT2D eigenvalue weighted by Gasteiger charge is -2.34. The largest absolute Gasteiger partial charge is 0.391 e. The summed E-state index contributed by atoms with van der Waals surface area (Å²) in [6, 6.07) is 7.90. The zero-order valence-corrected chi connectivity index (χ0v) is 16.0. The van der Waals surface area contributed by atoms with E-state index >= 15 is 0 Å². The maximum Gasteiger partial charge on any atom is 0.264 e. The van der Waals surface area contributed by atoms with Gasteiger partial charge in [0, 0.05) is 12.8 Å². The van der Waals surface area contributed by atoms with Crippen molar-refractivity contribution in [1.82, 2.24) is 4.90 Å².